The maximum atomic E-state index is 12.1. The van der Waals surface area contributed by atoms with Gasteiger partial charge in [-0.1, -0.05) is 19.1 Å². The predicted octanol–water partition coefficient (Wildman–Crippen LogP) is 3.61. The van der Waals surface area contributed by atoms with E-state index in [4.69, 9.17) is 0 Å². The van der Waals surface area contributed by atoms with E-state index in [1.54, 1.807) is 11.3 Å². The lowest BCUT2D eigenvalue weighted by molar-refractivity contribution is -0.121. The van der Waals surface area contributed by atoms with Gasteiger partial charge in [-0.05, 0) is 38.0 Å². The maximum absolute atomic E-state index is 12.1. The number of carbonyl (C=O) groups excluding carboxylic acids is 2. The largest absolute Gasteiger partial charge is 0.348 e. The maximum Gasteiger partial charge on any atom is 0.224 e. The van der Waals surface area contributed by atoms with Gasteiger partial charge in [0.2, 0.25) is 11.8 Å². The summed E-state index contributed by atoms with van der Waals surface area (Å²) in [5.74, 6) is -0.0358. The van der Waals surface area contributed by atoms with Crippen molar-refractivity contribution in [1.29, 1.82) is 0 Å². The molecular formula is C18H23N3O2S. The van der Waals surface area contributed by atoms with E-state index in [0.29, 0.717) is 12.8 Å². The second-order valence-electron chi connectivity index (χ2n) is 5.75. The number of nitrogens with zero attached hydrogens (tertiary/aromatic N) is 1. The van der Waals surface area contributed by atoms with Crippen molar-refractivity contribution in [3.63, 3.8) is 0 Å². The Morgan fingerprint density at radius 2 is 1.92 bits per heavy atom. The van der Waals surface area contributed by atoms with Gasteiger partial charge in [-0.2, -0.15) is 0 Å². The Labute approximate surface area is 146 Å². The van der Waals surface area contributed by atoms with Crippen LogP contribution < -0.4 is 10.6 Å². The lowest BCUT2D eigenvalue weighted by Gasteiger charge is -2.12. The van der Waals surface area contributed by atoms with Crippen LogP contribution in [0.15, 0.2) is 29.6 Å². The van der Waals surface area contributed by atoms with Crippen LogP contribution in [-0.4, -0.2) is 16.8 Å². The van der Waals surface area contributed by atoms with E-state index in [1.165, 1.54) is 0 Å². The van der Waals surface area contributed by atoms with Crippen LogP contribution in [-0.2, 0) is 16.0 Å². The molecule has 2 rings (SSSR count). The number of anilines is 1. The molecule has 1 heterocycles. The summed E-state index contributed by atoms with van der Waals surface area (Å²) in [6.45, 7) is 5.84. The summed E-state index contributed by atoms with van der Waals surface area (Å²) >= 11 is 1.58. The Bertz CT molecular complexity index is 695. The molecule has 1 unspecified atom stereocenters. The molecule has 0 fully saturated rings. The third-order valence-corrected chi connectivity index (χ3v) is 4.33. The van der Waals surface area contributed by atoms with Crippen LogP contribution in [0.2, 0.25) is 0 Å². The first-order valence-corrected chi connectivity index (χ1v) is 8.96. The van der Waals surface area contributed by atoms with Crippen LogP contribution in [0, 0.1) is 6.92 Å². The lowest BCUT2D eigenvalue weighted by atomic mass is 10.1. The first kappa shape index (κ1) is 18.1. The van der Waals surface area contributed by atoms with Crippen LogP contribution in [0.3, 0.4) is 0 Å². The van der Waals surface area contributed by atoms with Crippen LogP contribution in [0.4, 0.5) is 5.69 Å². The number of hydrogen-bond acceptors (Lipinski definition) is 4. The molecule has 0 spiro atoms. The highest BCUT2D eigenvalue weighted by Gasteiger charge is 2.12. The Morgan fingerprint density at radius 3 is 2.50 bits per heavy atom. The van der Waals surface area contributed by atoms with Gasteiger partial charge in [-0.25, -0.2) is 4.98 Å². The van der Waals surface area contributed by atoms with E-state index in [-0.39, 0.29) is 17.9 Å². The highest BCUT2D eigenvalue weighted by atomic mass is 32.1. The molecule has 0 aliphatic rings. The van der Waals surface area contributed by atoms with Crippen LogP contribution in [0.5, 0.6) is 0 Å². The fourth-order valence-electron chi connectivity index (χ4n) is 2.29. The molecule has 1 atom stereocenters. The van der Waals surface area contributed by atoms with Crippen molar-refractivity contribution in [1.82, 2.24) is 10.3 Å². The van der Waals surface area contributed by atoms with Gasteiger partial charge in [0.1, 0.15) is 0 Å². The number of nitrogens with one attached hydrogen (secondary N) is 2. The van der Waals surface area contributed by atoms with Gasteiger partial charge in [0.25, 0.3) is 0 Å². The van der Waals surface area contributed by atoms with Crippen molar-refractivity contribution in [3.8, 4) is 0 Å². The Kier molecular flexibility index (Phi) is 6.49. The monoisotopic (exact) mass is 345 g/mol. The normalized spacial score (nSPS) is 11.8. The molecule has 5 nitrogen and oxygen atoms in total. The zero-order chi connectivity index (χ0) is 17.5. The molecule has 0 aliphatic heterocycles. The number of carbonyl (C=O) groups is 2. The number of hydrogen-bond donors (Lipinski definition) is 2. The highest BCUT2D eigenvalue weighted by Crippen LogP contribution is 2.16. The zero-order valence-electron chi connectivity index (χ0n) is 14.3. The van der Waals surface area contributed by atoms with Gasteiger partial charge in [-0.3, -0.25) is 9.59 Å². The van der Waals surface area contributed by atoms with Crippen molar-refractivity contribution >= 4 is 28.8 Å². The number of rotatable bonds is 7. The van der Waals surface area contributed by atoms with Crippen molar-refractivity contribution in [2.45, 2.75) is 46.1 Å². The summed E-state index contributed by atoms with van der Waals surface area (Å²) in [6.07, 6.45) is 1.63. The van der Waals surface area contributed by atoms with Crippen LogP contribution >= 0.6 is 11.3 Å². The van der Waals surface area contributed by atoms with E-state index < -0.39 is 0 Å². The minimum absolute atomic E-state index is 0.00961. The van der Waals surface area contributed by atoms with Crippen LogP contribution in [0.25, 0.3) is 0 Å². The standard InChI is InChI=1S/C18H23N3O2S/c1-4-5-17(22)21-15-8-6-14(7-9-15)10-18(23)19-12(2)16-11-24-13(3)20-16/h6-9,11-12H,4-5,10H2,1-3H3,(H,19,23)(H,21,22). The molecule has 6 heteroatoms. The number of benzene rings is 1. The SMILES string of the molecule is CCCC(=O)Nc1ccc(CC(=O)NC(C)c2csc(C)n2)cc1. The van der Waals surface area contributed by atoms with E-state index >= 15 is 0 Å². The van der Waals surface area contributed by atoms with Gasteiger partial charge >= 0.3 is 0 Å². The topological polar surface area (TPSA) is 71.1 Å². The van der Waals surface area contributed by atoms with E-state index in [0.717, 1.165) is 28.4 Å². The molecule has 0 saturated carbocycles. The third kappa shape index (κ3) is 5.45. The number of aromatic nitrogens is 1. The second-order valence-corrected chi connectivity index (χ2v) is 6.81. The summed E-state index contributed by atoms with van der Waals surface area (Å²) in [5.41, 5.74) is 2.55. The summed E-state index contributed by atoms with van der Waals surface area (Å²) in [4.78, 5) is 28.1. The van der Waals surface area contributed by atoms with Crippen LogP contribution in [0.1, 0.15) is 49.0 Å². The molecule has 0 aliphatic carbocycles. The van der Waals surface area contributed by atoms with Gasteiger partial charge in [0.05, 0.1) is 23.2 Å². The first-order chi connectivity index (χ1) is 11.5. The number of thiazole rings is 1. The third-order valence-electron chi connectivity index (χ3n) is 3.54. The minimum atomic E-state index is -0.102. The average Bonchev–Trinajstić information content (AvgIpc) is 2.96. The first-order valence-electron chi connectivity index (χ1n) is 8.08. The zero-order valence-corrected chi connectivity index (χ0v) is 15.1. The number of amides is 2. The molecule has 2 amide bonds. The highest BCUT2D eigenvalue weighted by molar-refractivity contribution is 7.09. The van der Waals surface area contributed by atoms with E-state index in [2.05, 4.69) is 15.6 Å². The second kappa shape index (κ2) is 8.59. The van der Waals surface area contributed by atoms with E-state index in [9.17, 15) is 9.59 Å². The Balaban J connectivity index is 1.86. The smallest absolute Gasteiger partial charge is 0.224 e. The fourth-order valence-corrected chi connectivity index (χ4v) is 2.99. The average molecular weight is 345 g/mol. The lowest BCUT2D eigenvalue weighted by Crippen LogP contribution is -2.28. The molecule has 2 aromatic rings. The summed E-state index contributed by atoms with van der Waals surface area (Å²) in [6, 6.07) is 7.26. The molecular weight excluding hydrogens is 322 g/mol. The van der Waals surface area contributed by atoms with Gasteiger partial charge in [0.15, 0.2) is 0 Å². The molecule has 0 radical (unpaired) electrons. The van der Waals surface area contributed by atoms with Gasteiger partial charge in [-0.15, -0.1) is 11.3 Å². The predicted molar refractivity (Wildman–Crippen MR) is 97.1 cm³/mol. The fraction of sp³-hybridized carbons (Fsp3) is 0.389. The Morgan fingerprint density at radius 1 is 1.21 bits per heavy atom. The van der Waals surface area contributed by atoms with Gasteiger partial charge in [0, 0.05) is 17.5 Å². The molecule has 24 heavy (non-hydrogen) atoms. The molecule has 0 saturated heterocycles. The van der Waals surface area contributed by atoms with Crippen molar-refractivity contribution in [2.75, 3.05) is 5.32 Å². The van der Waals surface area contributed by atoms with Crippen molar-refractivity contribution < 1.29 is 9.59 Å². The quantitative estimate of drug-likeness (QED) is 0.805. The van der Waals surface area contributed by atoms with Crippen molar-refractivity contribution in [3.05, 3.63) is 45.9 Å². The molecule has 1 aromatic carbocycles. The molecule has 2 N–H and O–H groups in total. The van der Waals surface area contributed by atoms with Gasteiger partial charge < -0.3 is 10.6 Å². The van der Waals surface area contributed by atoms with Crippen molar-refractivity contribution in [2.24, 2.45) is 0 Å². The number of aryl methyl sites for hydroxylation is 1. The summed E-state index contributed by atoms with van der Waals surface area (Å²) < 4.78 is 0. The summed E-state index contributed by atoms with van der Waals surface area (Å²) in [7, 11) is 0. The van der Waals surface area contributed by atoms with E-state index in [1.807, 2.05) is 50.4 Å². The Hall–Kier alpha value is -2.21. The summed E-state index contributed by atoms with van der Waals surface area (Å²) in [5, 5.41) is 8.75. The molecule has 1 aromatic heterocycles. The molecule has 0 bridgehead atoms. The minimum Gasteiger partial charge on any atom is -0.348 e. The molecule has 128 valence electrons.